The first kappa shape index (κ1) is 17.4. The largest absolute Gasteiger partial charge is 0.355 e. The minimum atomic E-state index is 0. The van der Waals surface area contributed by atoms with Crippen molar-refractivity contribution in [3.8, 4) is 0 Å². The molecule has 3 nitrogen and oxygen atoms in total. The van der Waals surface area contributed by atoms with E-state index in [0.717, 1.165) is 29.5 Å². The molecule has 0 fully saturated rings. The van der Waals surface area contributed by atoms with E-state index in [4.69, 9.17) is 0 Å². The molecule has 0 radical (unpaired) electrons. The molecule has 0 aromatic heterocycles. The summed E-state index contributed by atoms with van der Waals surface area (Å²) in [6, 6.07) is 7.82. The Labute approximate surface area is 123 Å². The molecule has 1 amide bonds. The Morgan fingerprint density at radius 1 is 1.28 bits per heavy atom. The van der Waals surface area contributed by atoms with Gasteiger partial charge in [0.25, 0.3) is 0 Å². The van der Waals surface area contributed by atoms with Gasteiger partial charge in [0.2, 0.25) is 5.91 Å². The molecule has 0 saturated carbocycles. The summed E-state index contributed by atoms with van der Waals surface area (Å²) in [4.78, 5) is 11.6. The van der Waals surface area contributed by atoms with Crippen LogP contribution in [0.15, 0.2) is 28.7 Å². The van der Waals surface area contributed by atoms with Crippen LogP contribution in [0.4, 0.5) is 0 Å². The van der Waals surface area contributed by atoms with Crippen molar-refractivity contribution >= 4 is 34.2 Å². The molecular formula is C13H20BrClN2O. The van der Waals surface area contributed by atoms with Crippen molar-refractivity contribution in [1.82, 2.24) is 10.6 Å². The highest BCUT2D eigenvalue weighted by molar-refractivity contribution is 9.10. The fraction of sp³-hybridized carbons (Fsp3) is 0.462. The third-order valence-electron chi connectivity index (χ3n) is 2.30. The van der Waals surface area contributed by atoms with Crippen LogP contribution in [0.2, 0.25) is 0 Å². The van der Waals surface area contributed by atoms with E-state index in [9.17, 15) is 4.79 Å². The summed E-state index contributed by atoms with van der Waals surface area (Å²) in [5.74, 6) is 0.0707. The van der Waals surface area contributed by atoms with Crippen molar-refractivity contribution in [2.45, 2.75) is 19.8 Å². The number of carbonyl (C=O) groups is 1. The van der Waals surface area contributed by atoms with E-state index in [0.29, 0.717) is 13.0 Å². The van der Waals surface area contributed by atoms with Crippen molar-refractivity contribution in [1.29, 1.82) is 0 Å². The summed E-state index contributed by atoms with van der Waals surface area (Å²) in [6.07, 6.45) is 1.55. The third kappa shape index (κ3) is 7.69. The molecule has 0 bridgehead atoms. The molecule has 102 valence electrons. The molecular weight excluding hydrogens is 316 g/mol. The molecule has 2 N–H and O–H groups in total. The van der Waals surface area contributed by atoms with Crippen molar-refractivity contribution in [2.24, 2.45) is 0 Å². The first-order chi connectivity index (χ1) is 8.22. The van der Waals surface area contributed by atoms with E-state index < -0.39 is 0 Å². The number of halogens is 2. The minimum Gasteiger partial charge on any atom is -0.355 e. The lowest BCUT2D eigenvalue weighted by Gasteiger charge is -2.06. The molecule has 0 atom stereocenters. The fourth-order valence-corrected chi connectivity index (χ4v) is 1.93. The van der Waals surface area contributed by atoms with E-state index in [2.05, 4.69) is 33.5 Å². The van der Waals surface area contributed by atoms with E-state index in [1.807, 2.05) is 24.3 Å². The van der Waals surface area contributed by atoms with Gasteiger partial charge < -0.3 is 10.6 Å². The van der Waals surface area contributed by atoms with Crippen LogP contribution in [-0.2, 0) is 11.2 Å². The topological polar surface area (TPSA) is 41.1 Å². The average molecular weight is 336 g/mol. The summed E-state index contributed by atoms with van der Waals surface area (Å²) >= 11 is 3.39. The standard InChI is InChI=1S/C13H19BrN2O.ClH/c1-2-6-15-7-8-16-13(17)10-11-4-3-5-12(14)9-11;/h3-5,9,15H,2,6-8,10H2,1H3,(H,16,17);1H. The van der Waals surface area contributed by atoms with Gasteiger partial charge in [0.05, 0.1) is 6.42 Å². The first-order valence-electron chi connectivity index (χ1n) is 5.94. The van der Waals surface area contributed by atoms with Crippen LogP contribution in [0, 0.1) is 0 Å². The molecule has 0 aliphatic rings. The van der Waals surface area contributed by atoms with E-state index in [1.54, 1.807) is 0 Å². The third-order valence-corrected chi connectivity index (χ3v) is 2.80. The summed E-state index contributed by atoms with van der Waals surface area (Å²) in [6.45, 7) is 4.64. The van der Waals surface area contributed by atoms with Gasteiger partial charge >= 0.3 is 0 Å². The minimum absolute atomic E-state index is 0. The van der Waals surface area contributed by atoms with Crippen LogP contribution in [0.5, 0.6) is 0 Å². The molecule has 18 heavy (non-hydrogen) atoms. The summed E-state index contributed by atoms with van der Waals surface area (Å²) in [5.41, 5.74) is 1.03. The van der Waals surface area contributed by atoms with Crippen LogP contribution in [0.25, 0.3) is 0 Å². The number of amides is 1. The van der Waals surface area contributed by atoms with Gasteiger partial charge in [-0.05, 0) is 30.7 Å². The Balaban J connectivity index is 0.00000289. The lowest BCUT2D eigenvalue weighted by molar-refractivity contribution is -0.120. The van der Waals surface area contributed by atoms with Gasteiger partial charge in [0, 0.05) is 17.6 Å². The van der Waals surface area contributed by atoms with E-state index in [-0.39, 0.29) is 18.3 Å². The number of nitrogens with one attached hydrogen (secondary N) is 2. The maximum absolute atomic E-state index is 11.6. The molecule has 0 saturated heterocycles. The van der Waals surface area contributed by atoms with Gasteiger partial charge in [-0.2, -0.15) is 0 Å². The zero-order valence-corrected chi connectivity index (χ0v) is 12.9. The van der Waals surface area contributed by atoms with Crippen LogP contribution < -0.4 is 10.6 Å². The molecule has 0 aliphatic carbocycles. The average Bonchev–Trinajstić information content (AvgIpc) is 2.29. The lowest BCUT2D eigenvalue weighted by atomic mass is 10.1. The van der Waals surface area contributed by atoms with E-state index in [1.165, 1.54) is 0 Å². The number of benzene rings is 1. The number of hydrogen-bond acceptors (Lipinski definition) is 2. The van der Waals surface area contributed by atoms with Crippen LogP contribution in [0.3, 0.4) is 0 Å². The van der Waals surface area contributed by atoms with Gasteiger partial charge in [-0.3, -0.25) is 4.79 Å². The van der Waals surface area contributed by atoms with E-state index >= 15 is 0 Å². The van der Waals surface area contributed by atoms with Crippen LogP contribution >= 0.6 is 28.3 Å². The summed E-state index contributed by atoms with van der Waals surface area (Å²) in [7, 11) is 0. The van der Waals surface area contributed by atoms with Gasteiger partial charge in [-0.1, -0.05) is 35.0 Å². The highest BCUT2D eigenvalue weighted by atomic mass is 79.9. The summed E-state index contributed by atoms with van der Waals surface area (Å²) in [5, 5.41) is 6.13. The van der Waals surface area contributed by atoms with Crippen molar-refractivity contribution in [3.63, 3.8) is 0 Å². The number of rotatable bonds is 7. The molecule has 0 heterocycles. The van der Waals surface area contributed by atoms with Crippen molar-refractivity contribution < 1.29 is 4.79 Å². The van der Waals surface area contributed by atoms with Crippen molar-refractivity contribution in [2.75, 3.05) is 19.6 Å². The SMILES string of the molecule is CCCNCCNC(=O)Cc1cccc(Br)c1.Cl. The monoisotopic (exact) mass is 334 g/mol. The molecule has 1 aromatic rings. The quantitative estimate of drug-likeness (QED) is 0.752. The Kier molecular flexibility index (Phi) is 10.0. The Bertz CT molecular complexity index is 361. The molecule has 0 spiro atoms. The van der Waals surface area contributed by atoms with Crippen LogP contribution in [-0.4, -0.2) is 25.5 Å². The predicted octanol–water partition coefficient (Wildman–Crippen LogP) is 2.53. The second kappa shape index (κ2) is 10.4. The summed E-state index contributed by atoms with van der Waals surface area (Å²) < 4.78 is 1.01. The number of hydrogen-bond donors (Lipinski definition) is 2. The van der Waals surface area contributed by atoms with Gasteiger partial charge in [0.1, 0.15) is 0 Å². The van der Waals surface area contributed by atoms with Gasteiger partial charge in [0.15, 0.2) is 0 Å². The molecule has 5 heteroatoms. The zero-order chi connectivity index (χ0) is 12.5. The second-order valence-corrected chi connectivity index (χ2v) is 4.82. The Morgan fingerprint density at radius 2 is 2.06 bits per heavy atom. The molecule has 1 aromatic carbocycles. The smallest absolute Gasteiger partial charge is 0.224 e. The molecule has 0 unspecified atom stereocenters. The number of carbonyl (C=O) groups excluding carboxylic acids is 1. The Morgan fingerprint density at radius 3 is 2.72 bits per heavy atom. The molecule has 0 aliphatic heterocycles. The molecule has 1 rings (SSSR count). The zero-order valence-electron chi connectivity index (χ0n) is 10.5. The van der Waals surface area contributed by atoms with Gasteiger partial charge in [-0.25, -0.2) is 0 Å². The predicted molar refractivity (Wildman–Crippen MR) is 81.3 cm³/mol. The normalized spacial score (nSPS) is 9.67. The maximum Gasteiger partial charge on any atom is 0.224 e. The second-order valence-electron chi connectivity index (χ2n) is 3.91. The maximum atomic E-state index is 11.6. The Hall–Kier alpha value is -0.580. The fourth-order valence-electron chi connectivity index (χ4n) is 1.49. The highest BCUT2D eigenvalue weighted by Crippen LogP contribution is 2.11. The van der Waals surface area contributed by atoms with Gasteiger partial charge in [-0.15, -0.1) is 12.4 Å². The van der Waals surface area contributed by atoms with Crippen molar-refractivity contribution in [3.05, 3.63) is 34.3 Å². The lowest BCUT2D eigenvalue weighted by Crippen LogP contribution is -2.32. The van der Waals surface area contributed by atoms with Crippen LogP contribution in [0.1, 0.15) is 18.9 Å². The highest BCUT2D eigenvalue weighted by Gasteiger charge is 2.02. The first-order valence-corrected chi connectivity index (χ1v) is 6.73.